The predicted octanol–water partition coefficient (Wildman–Crippen LogP) is 14.1. The molecule has 0 amide bonds. The van der Waals surface area contributed by atoms with Crippen molar-refractivity contribution in [3.05, 3.63) is 72.8 Å². The molecule has 0 saturated heterocycles. The van der Waals surface area contributed by atoms with Gasteiger partial charge in [-0.05, 0) is 49.6 Å². The molecule has 0 fully saturated rings. The molecule has 0 radical (unpaired) electrons. The molecule has 0 aromatic heterocycles. The first kappa shape index (κ1) is 36.7. The Balaban J connectivity index is 1.49. The fourth-order valence-electron chi connectivity index (χ4n) is 5.70. The summed E-state index contributed by atoms with van der Waals surface area (Å²) < 4.78 is 0. The molecule has 0 N–H and O–H groups in total. The summed E-state index contributed by atoms with van der Waals surface area (Å²) in [5, 5.41) is 0. The maximum absolute atomic E-state index is 4.95. The average molecular weight is 585 g/mol. The van der Waals surface area contributed by atoms with Crippen molar-refractivity contribution in [3.63, 3.8) is 0 Å². The number of allylic oxidation sites excluding steroid dienone is 2. The minimum Gasteiger partial charge on any atom is -0.251 e. The van der Waals surface area contributed by atoms with Crippen LogP contribution in [0, 0.1) is 0 Å². The number of aliphatic imine (C=N–C) groups is 2. The van der Waals surface area contributed by atoms with Crippen LogP contribution in [0.3, 0.4) is 0 Å². The zero-order valence-corrected chi connectivity index (χ0v) is 28.1. The highest BCUT2D eigenvalue weighted by Crippen LogP contribution is 2.17. The number of para-hydroxylation sites is 2. The lowest BCUT2D eigenvalue weighted by atomic mass is 10.0. The molecule has 0 atom stereocenters. The van der Waals surface area contributed by atoms with Gasteiger partial charge in [0.2, 0.25) is 0 Å². The Kier molecular flexibility index (Phi) is 23.1. The molecule has 2 nitrogen and oxygen atoms in total. The highest BCUT2D eigenvalue weighted by molar-refractivity contribution is 6.47. The Hall–Kier alpha value is -2.48. The molecule has 0 aliphatic rings. The van der Waals surface area contributed by atoms with Gasteiger partial charge in [-0.25, -0.2) is 4.99 Å². The van der Waals surface area contributed by atoms with Gasteiger partial charge in [0.15, 0.2) is 0 Å². The third-order valence-electron chi connectivity index (χ3n) is 8.41. The van der Waals surface area contributed by atoms with Crippen LogP contribution >= 0.6 is 0 Å². The van der Waals surface area contributed by atoms with Gasteiger partial charge >= 0.3 is 0 Å². The predicted molar refractivity (Wildman–Crippen MR) is 194 cm³/mol. The molecule has 238 valence electrons. The van der Waals surface area contributed by atoms with Crippen LogP contribution in [0.2, 0.25) is 0 Å². The fraction of sp³-hybridized carbons (Fsp3) is 0.610. The number of nitrogens with zero attached hydrogens (tertiary/aromatic N) is 2. The molecule has 0 aliphatic heterocycles. The smallest absolute Gasteiger partial charge is 0.0848 e. The van der Waals surface area contributed by atoms with Crippen LogP contribution in [-0.4, -0.2) is 11.4 Å². The minimum absolute atomic E-state index is 0.851. The van der Waals surface area contributed by atoms with Crippen molar-refractivity contribution in [1.82, 2.24) is 0 Å². The monoisotopic (exact) mass is 585 g/mol. The molecule has 2 heteroatoms. The van der Waals surface area contributed by atoms with Crippen molar-refractivity contribution in [2.24, 2.45) is 9.98 Å². The van der Waals surface area contributed by atoms with E-state index in [4.69, 9.17) is 9.98 Å². The Morgan fingerprint density at radius 2 is 0.837 bits per heavy atom. The maximum atomic E-state index is 4.95. The lowest BCUT2D eigenvalue weighted by Gasteiger charge is -2.06. The molecule has 0 saturated carbocycles. The molecule has 2 rings (SSSR count). The van der Waals surface area contributed by atoms with Gasteiger partial charge in [-0.15, -0.1) is 0 Å². The first-order chi connectivity index (χ1) is 21.3. The summed E-state index contributed by atoms with van der Waals surface area (Å²) in [7, 11) is 0. The van der Waals surface area contributed by atoms with Crippen LogP contribution in [0.15, 0.2) is 82.8 Å². The maximum Gasteiger partial charge on any atom is 0.0848 e. The van der Waals surface area contributed by atoms with Crippen LogP contribution in [-0.2, 0) is 0 Å². The molecular formula is C41H64N2. The van der Waals surface area contributed by atoms with Gasteiger partial charge in [-0.1, -0.05) is 185 Å². The minimum atomic E-state index is 0.851. The summed E-state index contributed by atoms with van der Waals surface area (Å²) in [5.41, 5.74) is 3.97. The molecule has 43 heavy (non-hydrogen) atoms. The second kappa shape index (κ2) is 27.1. The standard InChI is InChI=1S/C41H64N2/c1-3-5-6-7-8-9-10-11-12-13-14-15-16-17-18-19-20-21-22-23-24-25-32-37-41(43-39-35-30-27-31-36-39)40(4-2)42-38-33-28-26-29-34-38/h26-37H,3-25H2,1-2H3. The van der Waals surface area contributed by atoms with Gasteiger partial charge in [-0.2, -0.15) is 0 Å². The van der Waals surface area contributed by atoms with E-state index in [1.165, 1.54) is 135 Å². The first-order valence-corrected chi connectivity index (χ1v) is 18.3. The van der Waals surface area contributed by atoms with E-state index in [9.17, 15) is 0 Å². The number of rotatable bonds is 27. The molecule has 0 heterocycles. The highest BCUT2D eigenvalue weighted by atomic mass is 14.8. The number of hydrogen-bond donors (Lipinski definition) is 0. The van der Waals surface area contributed by atoms with Crippen LogP contribution < -0.4 is 0 Å². The van der Waals surface area contributed by atoms with Crippen LogP contribution in [0.4, 0.5) is 11.4 Å². The first-order valence-electron chi connectivity index (χ1n) is 18.3. The van der Waals surface area contributed by atoms with Crippen molar-refractivity contribution < 1.29 is 0 Å². The molecule has 0 unspecified atom stereocenters. The van der Waals surface area contributed by atoms with Gasteiger partial charge in [0.25, 0.3) is 0 Å². The largest absolute Gasteiger partial charge is 0.251 e. The van der Waals surface area contributed by atoms with Gasteiger partial charge < -0.3 is 0 Å². The number of unbranched alkanes of at least 4 members (excludes halogenated alkanes) is 21. The lowest BCUT2D eigenvalue weighted by molar-refractivity contribution is 0.520. The Morgan fingerprint density at radius 3 is 1.23 bits per heavy atom. The van der Waals surface area contributed by atoms with Crippen LogP contribution in [0.25, 0.3) is 0 Å². The third-order valence-corrected chi connectivity index (χ3v) is 8.41. The highest BCUT2D eigenvalue weighted by Gasteiger charge is 2.05. The SMILES string of the molecule is CCCCCCCCCCCCCCCCCCCCCCCC=CC(=Nc1ccccc1)C(CC)=Nc1ccccc1. The molecule has 0 spiro atoms. The average Bonchev–Trinajstić information content (AvgIpc) is 3.04. The zero-order chi connectivity index (χ0) is 30.5. The van der Waals surface area contributed by atoms with Crippen molar-refractivity contribution in [3.8, 4) is 0 Å². The summed E-state index contributed by atoms with van der Waals surface area (Å²) in [6.07, 6.45) is 36.4. The third kappa shape index (κ3) is 20.2. The zero-order valence-electron chi connectivity index (χ0n) is 28.1. The Labute approximate surface area is 266 Å². The summed E-state index contributed by atoms with van der Waals surface area (Å²) in [6.45, 7) is 4.46. The lowest BCUT2D eigenvalue weighted by Crippen LogP contribution is -2.10. The molecule has 0 bridgehead atoms. The summed E-state index contributed by atoms with van der Waals surface area (Å²) in [5.74, 6) is 0. The summed E-state index contributed by atoms with van der Waals surface area (Å²) in [6, 6.07) is 20.5. The fourth-order valence-corrected chi connectivity index (χ4v) is 5.70. The topological polar surface area (TPSA) is 24.7 Å². The molecular weight excluding hydrogens is 520 g/mol. The Bertz CT molecular complexity index is 973. The second-order valence-corrected chi connectivity index (χ2v) is 12.3. The van der Waals surface area contributed by atoms with E-state index >= 15 is 0 Å². The van der Waals surface area contributed by atoms with E-state index in [-0.39, 0.29) is 0 Å². The van der Waals surface area contributed by atoms with Crippen LogP contribution in [0.1, 0.15) is 162 Å². The van der Waals surface area contributed by atoms with Gasteiger partial charge in [-0.3, -0.25) is 4.99 Å². The van der Waals surface area contributed by atoms with Crippen LogP contribution in [0.5, 0.6) is 0 Å². The number of hydrogen-bond acceptors (Lipinski definition) is 2. The van der Waals surface area contributed by atoms with E-state index in [1.54, 1.807) is 0 Å². The van der Waals surface area contributed by atoms with E-state index in [0.29, 0.717) is 0 Å². The van der Waals surface area contributed by atoms with Crippen molar-refractivity contribution in [1.29, 1.82) is 0 Å². The van der Waals surface area contributed by atoms with E-state index in [2.05, 4.69) is 50.3 Å². The molecule has 2 aromatic carbocycles. The number of benzene rings is 2. The second-order valence-electron chi connectivity index (χ2n) is 12.3. The molecule has 2 aromatic rings. The van der Waals surface area contributed by atoms with Gasteiger partial charge in [0, 0.05) is 0 Å². The summed E-state index contributed by atoms with van der Waals surface area (Å²) in [4.78, 5) is 9.87. The quantitative estimate of drug-likeness (QED) is 0.0737. The van der Waals surface area contributed by atoms with E-state index < -0.39 is 0 Å². The normalized spacial score (nSPS) is 12.4. The Morgan fingerprint density at radius 1 is 0.465 bits per heavy atom. The molecule has 0 aliphatic carbocycles. The van der Waals surface area contributed by atoms with Crippen molar-refractivity contribution >= 4 is 22.8 Å². The van der Waals surface area contributed by atoms with Crippen molar-refractivity contribution in [2.75, 3.05) is 0 Å². The summed E-state index contributed by atoms with van der Waals surface area (Å²) >= 11 is 0. The van der Waals surface area contributed by atoms with E-state index in [0.717, 1.165) is 35.6 Å². The van der Waals surface area contributed by atoms with Gasteiger partial charge in [0.1, 0.15) is 0 Å². The van der Waals surface area contributed by atoms with Gasteiger partial charge in [0.05, 0.1) is 22.8 Å². The van der Waals surface area contributed by atoms with Crippen molar-refractivity contribution in [2.45, 2.75) is 162 Å². The van der Waals surface area contributed by atoms with E-state index in [1.807, 2.05) is 36.4 Å².